The highest BCUT2D eigenvalue weighted by Crippen LogP contribution is 2.23. The lowest BCUT2D eigenvalue weighted by atomic mass is 9.96. The Morgan fingerprint density at radius 3 is 2.48 bits per heavy atom. The minimum Gasteiger partial charge on any atom is -0.426 e. The first-order valence-corrected chi connectivity index (χ1v) is 10.4. The maximum atomic E-state index is 13.0. The fourth-order valence-electron chi connectivity index (χ4n) is 3.34. The molecule has 2 aromatic rings. The summed E-state index contributed by atoms with van der Waals surface area (Å²) in [6.45, 7) is 3.39. The molecular weight excluding hydrogens is 401 g/mol. The molecule has 1 heterocycles. The topological polar surface area (TPSA) is 87.7 Å². The predicted octanol–water partition coefficient (Wildman–Crippen LogP) is 3.82. The molecule has 0 aliphatic carbocycles. The third-order valence-electron chi connectivity index (χ3n) is 5.05. The van der Waals surface area contributed by atoms with E-state index < -0.39 is 0 Å². The van der Waals surface area contributed by atoms with E-state index in [9.17, 15) is 18.8 Å². The van der Waals surface area contributed by atoms with Gasteiger partial charge in [0.1, 0.15) is 11.6 Å². The fraction of sp³-hybridized carbons (Fsp3) is 0.348. The monoisotopic (exact) mass is 427 g/mol. The van der Waals surface area contributed by atoms with Crippen molar-refractivity contribution in [1.82, 2.24) is 10.2 Å². The number of anilines is 1. The number of benzene rings is 2. The Morgan fingerprint density at radius 2 is 1.81 bits per heavy atom. The molecule has 0 aromatic heterocycles. The maximum Gasteiger partial charge on any atom is 0.319 e. The standard InChI is InChI=1S/C23H26FN3O4/c1-2-12-25-23(30)26-19-4-3-5-20(15-19)31-22(29)17-10-13-27(14-11-17)21(28)16-6-8-18(24)9-7-16/h3-9,15,17H,2,10-14H2,1H3,(H2,25,26,30). The summed E-state index contributed by atoms with van der Waals surface area (Å²) in [4.78, 5) is 38.5. The molecule has 0 atom stereocenters. The van der Waals surface area contributed by atoms with Crippen molar-refractivity contribution >= 4 is 23.6 Å². The number of piperidine rings is 1. The predicted molar refractivity (Wildman–Crippen MR) is 114 cm³/mol. The number of halogens is 1. The Hall–Kier alpha value is -3.42. The smallest absolute Gasteiger partial charge is 0.319 e. The van der Waals surface area contributed by atoms with Crippen LogP contribution >= 0.6 is 0 Å². The SMILES string of the molecule is CCCNC(=O)Nc1cccc(OC(=O)C2CCN(C(=O)c3ccc(F)cc3)CC2)c1. The van der Waals surface area contributed by atoms with E-state index in [0.29, 0.717) is 49.5 Å². The number of urea groups is 1. The molecule has 2 aromatic carbocycles. The van der Waals surface area contributed by atoms with Crippen LogP contribution in [0.1, 0.15) is 36.5 Å². The van der Waals surface area contributed by atoms with Crippen LogP contribution < -0.4 is 15.4 Å². The van der Waals surface area contributed by atoms with Gasteiger partial charge in [-0.1, -0.05) is 13.0 Å². The van der Waals surface area contributed by atoms with E-state index in [1.807, 2.05) is 6.92 Å². The molecule has 2 N–H and O–H groups in total. The van der Waals surface area contributed by atoms with E-state index in [-0.39, 0.29) is 29.6 Å². The summed E-state index contributed by atoms with van der Waals surface area (Å²) in [6, 6.07) is 11.8. The van der Waals surface area contributed by atoms with Crippen LogP contribution in [0.2, 0.25) is 0 Å². The van der Waals surface area contributed by atoms with Gasteiger partial charge in [0.05, 0.1) is 5.92 Å². The van der Waals surface area contributed by atoms with Crippen molar-refractivity contribution in [3.8, 4) is 5.75 Å². The summed E-state index contributed by atoms with van der Waals surface area (Å²) in [6.07, 6.45) is 1.81. The minimum atomic E-state index is -0.390. The number of likely N-dealkylation sites (tertiary alicyclic amines) is 1. The molecule has 3 rings (SSSR count). The second kappa shape index (κ2) is 10.6. The number of esters is 1. The quantitative estimate of drug-likeness (QED) is 0.542. The van der Waals surface area contributed by atoms with Crippen LogP contribution in [0.15, 0.2) is 48.5 Å². The van der Waals surface area contributed by atoms with E-state index in [0.717, 1.165) is 6.42 Å². The van der Waals surface area contributed by atoms with E-state index in [4.69, 9.17) is 4.74 Å². The normalized spacial score (nSPS) is 14.1. The molecule has 1 aliphatic heterocycles. The summed E-state index contributed by atoms with van der Waals surface area (Å²) in [5, 5.41) is 5.41. The average Bonchev–Trinajstić information content (AvgIpc) is 2.78. The molecule has 1 aliphatic rings. The number of ether oxygens (including phenoxy) is 1. The van der Waals surface area contributed by atoms with Crippen LogP contribution in [0, 0.1) is 11.7 Å². The number of hydrogen-bond acceptors (Lipinski definition) is 4. The highest BCUT2D eigenvalue weighted by Gasteiger charge is 2.29. The van der Waals surface area contributed by atoms with Gasteiger partial charge < -0.3 is 20.3 Å². The molecule has 0 spiro atoms. The number of carbonyl (C=O) groups excluding carboxylic acids is 3. The highest BCUT2D eigenvalue weighted by atomic mass is 19.1. The number of hydrogen-bond donors (Lipinski definition) is 2. The second-order valence-electron chi connectivity index (χ2n) is 7.40. The van der Waals surface area contributed by atoms with Crippen LogP contribution in [-0.2, 0) is 4.79 Å². The van der Waals surface area contributed by atoms with Crippen LogP contribution in [0.5, 0.6) is 5.75 Å². The van der Waals surface area contributed by atoms with Crippen LogP contribution in [-0.4, -0.2) is 42.4 Å². The molecule has 164 valence electrons. The van der Waals surface area contributed by atoms with Gasteiger partial charge in [0.2, 0.25) is 0 Å². The van der Waals surface area contributed by atoms with Crippen molar-refractivity contribution in [2.24, 2.45) is 5.92 Å². The van der Waals surface area contributed by atoms with E-state index in [1.54, 1.807) is 29.2 Å². The first kappa shape index (κ1) is 22.3. The molecule has 1 saturated heterocycles. The summed E-state index contributed by atoms with van der Waals surface area (Å²) >= 11 is 0. The van der Waals surface area contributed by atoms with Gasteiger partial charge in [-0.3, -0.25) is 9.59 Å². The Morgan fingerprint density at radius 1 is 1.10 bits per heavy atom. The fourth-order valence-corrected chi connectivity index (χ4v) is 3.34. The zero-order chi connectivity index (χ0) is 22.2. The summed E-state index contributed by atoms with van der Waals surface area (Å²) in [5.74, 6) is -0.892. The van der Waals surface area contributed by atoms with Crippen molar-refractivity contribution in [2.45, 2.75) is 26.2 Å². The van der Waals surface area contributed by atoms with Gasteiger partial charge in [-0.05, 0) is 55.7 Å². The van der Waals surface area contributed by atoms with Crippen molar-refractivity contribution in [2.75, 3.05) is 25.0 Å². The van der Waals surface area contributed by atoms with E-state index in [2.05, 4.69) is 10.6 Å². The van der Waals surface area contributed by atoms with Crippen molar-refractivity contribution in [3.63, 3.8) is 0 Å². The summed E-state index contributed by atoms with van der Waals surface area (Å²) in [7, 11) is 0. The van der Waals surface area contributed by atoms with Gasteiger partial charge in [0.15, 0.2) is 0 Å². The number of rotatable bonds is 6. The largest absolute Gasteiger partial charge is 0.426 e. The zero-order valence-corrected chi connectivity index (χ0v) is 17.4. The lowest BCUT2D eigenvalue weighted by molar-refractivity contribution is -0.140. The summed E-state index contributed by atoms with van der Waals surface area (Å²) < 4.78 is 18.5. The first-order chi connectivity index (χ1) is 15.0. The molecular formula is C23H26FN3O4. The zero-order valence-electron chi connectivity index (χ0n) is 17.4. The average molecular weight is 427 g/mol. The lowest BCUT2D eigenvalue weighted by Gasteiger charge is -2.31. The molecule has 8 heteroatoms. The van der Waals surface area contributed by atoms with Crippen LogP contribution in [0.3, 0.4) is 0 Å². The van der Waals surface area contributed by atoms with Gasteiger partial charge in [-0.25, -0.2) is 9.18 Å². The minimum absolute atomic E-state index is 0.174. The molecule has 0 unspecified atom stereocenters. The first-order valence-electron chi connectivity index (χ1n) is 10.4. The van der Waals surface area contributed by atoms with E-state index in [1.165, 1.54) is 24.3 Å². The Kier molecular flexibility index (Phi) is 7.59. The molecule has 0 bridgehead atoms. The third kappa shape index (κ3) is 6.28. The molecule has 3 amide bonds. The number of nitrogens with one attached hydrogen (secondary N) is 2. The Bertz CT molecular complexity index is 925. The number of amides is 3. The van der Waals surface area contributed by atoms with Crippen LogP contribution in [0.4, 0.5) is 14.9 Å². The Labute approximate surface area is 180 Å². The maximum absolute atomic E-state index is 13.0. The van der Waals surface area contributed by atoms with Crippen LogP contribution in [0.25, 0.3) is 0 Å². The van der Waals surface area contributed by atoms with Gasteiger partial charge in [0, 0.05) is 37.0 Å². The van der Waals surface area contributed by atoms with E-state index >= 15 is 0 Å². The van der Waals surface area contributed by atoms with Crippen molar-refractivity contribution in [3.05, 3.63) is 59.9 Å². The second-order valence-corrected chi connectivity index (χ2v) is 7.40. The summed E-state index contributed by atoms with van der Waals surface area (Å²) in [5.41, 5.74) is 0.952. The Balaban J connectivity index is 1.51. The van der Waals surface area contributed by atoms with Gasteiger partial charge >= 0.3 is 12.0 Å². The molecule has 0 saturated carbocycles. The van der Waals surface area contributed by atoms with Gasteiger partial charge in [-0.15, -0.1) is 0 Å². The molecule has 7 nitrogen and oxygen atoms in total. The molecule has 0 radical (unpaired) electrons. The van der Waals surface area contributed by atoms with Gasteiger partial charge in [-0.2, -0.15) is 0 Å². The van der Waals surface area contributed by atoms with Gasteiger partial charge in [0.25, 0.3) is 5.91 Å². The molecule has 1 fully saturated rings. The van der Waals surface area contributed by atoms with Crippen molar-refractivity contribution in [1.29, 1.82) is 0 Å². The number of carbonyl (C=O) groups is 3. The number of nitrogens with zero attached hydrogens (tertiary/aromatic N) is 1. The molecule has 31 heavy (non-hydrogen) atoms. The van der Waals surface area contributed by atoms with Crippen molar-refractivity contribution < 1.29 is 23.5 Å². The lowest BCUT2D eigenvalue weighted by Crippen LogP contribution is -2.41. The third-order valence-corrected chi connectivity index (χ3v) is 5.05. The highest BCUT2D eigenvalue weighted by molar-refractivity contribution is 5.94.